The predicted octanol–water partition coefficient (Wildman–Crippen LogP) is 3.24. The summed E-state index contributed by atoms with van der Waals surface area (Å²) in [6.45, 7) is 3.74. The van der Waals surface area contributed by atoms with E-state index in [9.17, 15) is 5.11 Å². The summed E-state index contributed by atoms with van der Waals surface area (Å²) in [7, 11) is 0. The molecule has 1 fully saturated rings. The lowest BCUT2D eigenvalue weighted by atomic mass is 9.99. The van der Waals surface area contributed by atoms with Crippen molar-refractivity contribution in [2.75, 3.05) is 5.32 Å². The zero-order valence-electron chi connectivity index (χ0n) is 10.6. The Morgan fingerprint density at radius 3 is 2.83 bits per heavy atom. The van der Waals surface area contributed by atoms with Crippen LogP contribution in [-0.4, -0.2) is 16.7 Å². The Hall–Kier alpha value is -1.24. The minimum Gasteiger partial charge on any atom is -0.388 e. The molecule has 0 heterocycles. The van der Waals surface area contributed by atoms with E-state index >= 15 is 0 Å². The highest BCUT2D eigenvalue weighted by molar-refractivity contribution is 6.32. The average Bonchev–Trinajstić information content (AvgIpc) is 2.65. The van der Waals surface area contributed by atoms with Crippen LogP contribution in [0.2, 0.25) is 5.02 Å². The first kappa shape index (κ1) is 13.2. The van der Waals surface area contributed by atoms with Gasteiger partial charge in [0.1, 0.15) is 6.07 Å². The fourth-order valence-electron chi connectivity index (χ4n) is 2.49. The molecule has 1 saturated carbocycles. The van der Waals surface area contributed by atoms with Crippen LogP contribution < -0.4 is 5.32 Å². The summed E-state index contributed by atoms with van der Waals surface area (Å²) < 4.78 is 0. The van der Waals surface area contributed by atoms with Crippen molar-refractivity contribution in [3.8, 4) is 6.07 Å². The van der Waals surface area contributed by atoms with E-state index in [1.807, 2.05) is 19.9 Å². The number of nitriles is 1. The molecule has 0 aliphatic heterocycles. The van der Waals surface area contributed by atoms with E-state index in [2.05, 4.69) is 11.4 Å². The number of nitrogens with one attached hydrogen (secondary N) is 1. The molecule has 1 unspecified atom stereocenters. The number of aliphatic hydroxyl groups is 1. The van der Waals surface area contributed by atoms with E-state index < -0.39 is 5.60 Å². The lowest BCUT2D eigenvalue weighted by Gasteiger charge is -2.28. The summed E-state index contributed by atoms with van der Waals surface area (Å²) in [5, 5.41) is 23.0. The van der Waals surface area contributed by atoms with Crippen molar-refractivity contribution < 1.29 is 5.11 Å². The summed E-state index contributed by atoms with van der Waals surface area (Å²) in [6, 6.07) is 5.67. The van der Waals surface area contributed by atoms with Gasteiger partial charge in [0.15, 0.2) is 0 Å². The van der Waals surface area contributed by atoms with Gasteiger partial charge in [0.05, 0.1) is 22.2 Å². The maximum absolute atomic E-state index is 10.2. The smallest absolute Gasteiger partial charge is 0.101 e. The summed E-state index contributed by atoms with van der Waals surface area (Å²) in [5.41, 5.74) is 1.56. The first-order valence-electron chi connectivity index (χ1n) is 6.14. The van der Waals surface area contributed by atoms with Gasteiger partial charge >= 0.3 is 0 Å². The molecule has 1 aliphatic carbocycles. The van der Waals surface area contributed by atoms with Crippen LogP contribution >= 0.6 is 11.6 Å². The SMILES string of the molecule is Cc1c(NC2CCC[C@]2(C)O)ccc(C#N)c1Cl. The molecule has 0 saturated heterocycles. The fraction of sp³-hybridized carbons (Fsp3) is 0.500. The summed E-state index contributed by atoms with van der Waals surface area (Å²) in [4.78, 5) is 0. The molecule has 4 heteroatoms. The Morgan fingerprint density at radius 2 is 2.28 bits per heavy atom. The molecule has 18 heavy (non-hydrogen) atoms. The Morgan fingerprint density at radius 1 is 1.56 bits per heavy atom. The van der Waals surface area contributed by atoms with Crippen molar-refractivity contribution in [1.29, 1.82) is 5.26 Å². The number of nitrogens with zero attached hydrogens (tertiary/aromatic N) is 1. The molecule has 0 bridgehead atoms. The zero-order chi connectivity index (χ0) is 13.3. The van der Waals surface area contributed by atoms with Gasteiger partial charge in [-0.25, -0.2) is 0 Å². The molecule has 1 aromatic rings. The van der Waals surface area contributed by atoms with Crippen LogP contribution in [0.1, 0.15) is 37.3 Å². The molecule has 96 valence electrons. The molecule has 2 atom stereocenters. The first-order chi connectivity index (χ1) is 8.45. The van der Waals surface area contributed by atoms with Crippen LogP contribution in [0.3, 0.4) is 0 Å². The summed E-state index contributed by atoms with van der Waals surface area (Å²) >= 11 is 6.13. The molecule has 3 nitrogen and oxygen atoms in total. The molecule has 0 spiro atoms. The van der Waals surface area contributed by atoms with Gasteiger partial charge in [-0.1, -0.05) is 11.6 Å². The number of benzene rings is 1. The third-order valence-corrected chi connectivity index (χ3v) is 4.25. The maximum atomic E-state index is 10.2. The van der Waals surface area contributed by atoms with Crippen LogP contribution in [0.25, 0.3) is 0 Å². The molecular weight excluding hydrogens is 248 g/mol. The minimum absolute atomic E-state index is 0.0419. The van der Waals surface area contributed by atoms with Crippen molar-refractivity contribution in [1.82, 2.24) is 0 Å². The third kappa shape index (κ3) is 2.31. The van der Waals surface area contributed by atoms with Crippen LogP contribution in [0.5, 0.6) is 0 Å². The Kier molecular flexibility index (Phi) is 3.52. The number of hydrogen-bond acceptors (Lipinski definition) is 3. The Balaban J connectivity index is 2.26. The van der Waals surface area contributed by atoms with E-state index in [0.717, 1.165) is 30.5 Å². The van der Waals surface area contributed by atoms with Gasteiger partial charge in [-0.3, -0.25) is 0 Å². The topological polar surface area (TPSA) is 56.0 Å². The quantitative estimate of drug-likeness (QED) is 0.862. The van der Waals surface area contributed by atoms with Gasteiger partial charge < -0.3 is 10.4 Å². The highest BCUT2D eigenvalue weighted by atomic mass is 35.5. The second kappa shape index (κ2) is 4.79. The van der Waals surface area contributed by atoms with Crippen molar-refractivity contribution in [2.24, 2.45) is 0 Å². The minimum atomic E-state index is -0.674. The van der Waals surface area contributed by atoms with E-state index in [4.69, 9.17) is 16.9 Å². The molecule has 0 amide bonds. The summed E-state index contributed by atoms with van der Waals surface area (Å²) in [6.07, 6.45) is 2.78. The number of rotatable bonds is 2. The van der Waals surface area contributed by atoms with Gasteiger partial charge in [0.25, 0.3) is 0 Å². The van der Waals surface area contributed by atoms with Crippen LogP contribution in [0, 0.1) is 18.3 Å². The number of halogens is 1. The monoisotopic (exact) mass is 264 g/mol. The molecule has 0 aromatic heterocycles. The molecule has 2 N–H and O–H groups in total. The fourth-order valence-corrected chi connectivity index (χ4v) is 2.70. The maximum Gasteiger partial charge on any atom is 0.101 e. The van der Waals surface area contributed by atoms with Crippen molar-refractivity contribution in [3.05, 3.63) is 28.3 Å². The average molecular weight is 265 g/mol. The molecule has 1 aliphatic rings. The Bertz CT molecular complexity index is 505. The van der Waals surface area contributed by atoms with E-state index in [1.165, 1.54) is 0 Å². The van der Waals surface area contributed by atoms with E-state index in [-0.39, 0.29) is 6.04 Å². The highest BCUT2D eigenvalue weighted by Gasteiger charge is 2.36. The van der Waals surface area contributed by atoms with Crippen LogP contribution in [0.4, 0.5) is 5.69 Å². The van der Waals surface area contributed by atoms with Crippen molar-refractivity contribution in [2.45, 2.75) is 44.8 Å². The predicted molar refractivity (Wildman–Crippen MR) is 72.8 cm³/mol. The van der Waals surface area contributed by atoms with Crippen LogP contribution in [0.15, 0.2) is 12.1 Å². The van der Waals surface area contributed by atoms with E-state index in [1.54, 1.807) is 6.07 Å². The highest BCUT2D eigenvalue weighted by Crippen LogP contribution is 2.34. The Labute approximate surface area is 112 Å². The largest absolute Gasteiger partial charge is 0.388 e. The lowest BCUT2D eigenvalue weighted by Crippen LogP contribution is -2.39. The van der Waals surface area contributed by atoms with Gasteiger partial charge in [0.2, 0.25) is 0 Å². The van der Waals surface area contributed by atoms with Crippen LogP contribution in [-0.2, 0) is 0 Å². The zero-order valence-corrected chi connectivity index (χ0v) is 11.4. The molecule has 2 rings (SSSR count). The van der Waals surface area contributed by atoms with Crippen molar-refractivity contribution >= 4 is 17.3 Å². The van der Waals surface area contributed by atoms with Gasteiger partial charge in [-0.2, -0.15) is 5.26 Å². The van der Waals surface area contributed by atoms with Gasteiger partial charge in [0, 0.05) is 5.69 Å². The lowest BCUT2D eigenvalue weighted by molar-refractivity contribution is 0.0578. The molecular formula is C14H17ClN2O. The number of hydrogen-bond donors (Lipinski definition) is 2. The van der Waals surface area contributed by atoms with E-state index in [0.29, 0.717) is 10.6 Å². The molecule has 1 aromatic carbocycles. The molecule has 0 radical (unpaired) electrons. The van der Waals surface area contributed by atoms with Crippen molar-refractivity contribution in [3.63, 3.8) is 0 Å². The third-order valence-electron chi connectivity index (χ3n) is 3.76. The standard InChI is InChI=1S/C14H17ClN2O/c1-9-11(6-5-10(8-16)13(9)15)17-12-4-3-7-14(12,2)18/h5-6,12,17-18H,3-4,7H2,1-2H3/t12?,14-/m0/s1. The number of anilines is 1. The normalized spacial score (nSPS) is 26.9. The second-order valence-corrected chi connectivity index (χ2v) is 5.54. The van der Waals surface area contributed by atoms with Gasteiger partial charge in [-0.05, 0) is 50.8 Å². The second-order valence-electron chi connectivity index (χ2n) is 5.16. The summed E-state index contributed by atoms with van der Waals surface area (Å²) in [5.74, 6) is 0. The first-order valence-corrected chi connectivity index (χ1v) is 6.51. The van der Waals surface area contributed by atoms with Gasteiger partial charge in [-0.15, -0.1) is 0 Å².